The van der Waals surface area contributed by atoms with Gasteiger partial charge in [-0.15, -0.1) is 0 Å². The first-order chi connectivity index (χ1) is 11.6. The smallest absolute Gasteiger partial charge is 0.250 e. The second kappa shape index (κ2) is 7.01. The van der Waals surface area contributed by atoms with Crippen molar-refractivity contribution >= 4 is 5.91 Å². The van der Waals surface area contributed by atoms with Crippen molar-refractivity contribution in [2.45, 2.75) is 44.3 Å². The zero-order valence-corrected chi connectivity index (χ0v) is 13.7. The third kappa shape index (κ3) is 3.74. The lowest BCUT2D eigenvalue weighted by Crippen LogP contribution is -2.51. The minimum Gasteiger partial charge on any atom is -0.350 e. The monoisotopic (exact) mass is 325 g/mol. The van der Waals surface area contributed by atoms with Gasteiger partial charge in [0.1, 0.15) is 0 Å². The van der Waals surface area contributed by atoms with Gasteiger partial charge in [0.2, 0.25) is 5.91 Å². The molecule has 2 aromatic rings. The largest absolute Gasteiger partial charge is 0.350 e. The topological polar surface area (TPSA) is 77.1 Å². The molecule has 0 bridgehead atoms. The molecule has 5 nitrogen and oxygen atoms in total. The van der Waals surface area contributed by atoms with Gasteiger partial charge >= 0.3 is 0 Å². The van der Waals surface area contributed by atoms with Crippen LogP contribution in [0.2, 0.25) is 0 Å². The predicted molar refractivity (Wildman–Crippen MR) is 93.5 cm³/mol. The van der Waals surface area contributed by atoms with Crippen molar-refractivity contribution in [2.75, 3.05) is 0 Å². The van der Waals surface area contributed by atoms with Crippen LogP contribution in [0.5, 0.6) is 0 Å². The predicted octanol–water partition coefficient (Wildman–Crippen LogP) is 1.78. The summed E-state index contributed by atoms with van der Waals surface area (Å²) < 4.78 is 1.66. The molecule has 1 aliphatic rings. The lowest BCUT2D eigenvalue weighted by molar-refractivity contribution is -0.126. The molecule has 1 aliphatic carbocycles. The number of amides is 1. The molecule has 1 heterocycles. The summed E-state index contributed by atoms with van der Waals surface area (Å²) in [6.07, 6.45) is 5.36. The number of pyridine rings is 1. The van der Waals surface area contributed by atoms with Gasteiger partial charge in [-0.25, -0.2) is 0 Å². The van der Waals surface area contributed by atoms with Gasteiger partial charge in [-0.05, 0) is 30.0 Å². The van der Waals surface area contributed by atoms with Crippen molar-refractivity contribution < 1.29 is 4.79 Å². The first-order valence-corrected chi connectivity index (χ1v) is 8.37. The summed E-state index contributed by atoms with van der Waals surface area (Å²) >= 11 is 0. The van der Waals surface area contributed by atoms with Crippen molar-refractivity contribution in [3.63, 3.8) is 0 Å². The number of aromatic nitrogens is 1. The van der Waals surface area contributed by atoms with Gasteiger partial charge < -0.3 is 15.6 Å². The number of carbonyl (C=O) groups is 1. The quantitative estimate of drug-likeness (QED) is 0.880. The maximum absolute atomic E-state index is 12.2. The normalized spacial score (nSPS) is 16.0. The average molecular weight is 325 g/mol. The Bertz CT molecular complexity index is 759. The number of nitrogens with one attached hydrogen (secondary N) is 1. The van der Waals surface area contributed by atoms with Gasteiger partial charge in [0, 0.05) is 18.8 Å². The zero-order valence-electron chi connectivity index (χ0n) is 13.7. The van der Waals surface area contributed by atoms with Gasteiger partial charge in [-0.2, -0.15) is 0 Å². The molecule has 0 spiro atoms. The van der Waals surface area contributed by atoms with Crippen molar-refractivity contribution in [1.29, 1.82) is 0 Å². The highest BCUT2D eigenvalue weighted by molar-refractivity contribution is 5.86. The summed E-state index contributed by atoms with van der Waals surface area (Å²) in [6, 6.07) is 13.0. The number of rotatable bonds is 5. The van der Waals surface area contributed by atoms with E-state index < -0.39 is 5.54 Å². The summed E-state index contributed by atoms with van der Waals surface area (Å²) in [4.78, 5) is 23.9. The Labute approximate surface area is 141 Å². The minimum atomic E-state index is -0.686. The second-order valence-electron chi connectivity index (χ2n) is 6.53. The fourth-order valence-corrected chi connectivity index (χ4v) is 3.14. The number of nitrogens with two attached hydrogens (primary N) is 1. The highest BCUT2D eigenvalue weighted by atomic mass is 16.2. The number of nitrogens with zero attached hydrogens (tertiary/aromatic N) is 1. The van der Waals surface area contributed by atoms with Gasteiger partial charge in [0.05, 0.1) is 12.1 Å². The molecule has 5 heteroatoms. The Hall–Kier alpha value is -2.40. The Morgan fingerprint density at radius 3 is 2.42 bits per heavy atom. The molecular weight excluding hydrogens is 302 g/mol. The average Bonchev–Trinajstić information content (AvgIpc) is 3.04. The number of carbonyl (C=O) groups excluding carboxylic acids is 1. The Morgan fingerprint density at radius 2 is 1.75 bits per heavy atom. The number of benzene rings is 1. The summed E-state index contributed by atoms with van der Waals surface area (Å²) in [7, 11) is 0. The molecule has 1 saturated carbocycles. The van der Waals surface area contributed by atoms with Gasteiger partial charge in [0.15, 0.2) is 0 Å². The molecule has 3 rings (SSSR count). The maximum atomic E-state index is 12.2. The van der Waals surface area contributed by atoms with E-state index in [0.717, 1.165) is 36.8 Å². The Kier molecular flexibility index (Phi) is 4.81. The standard InChI is InChI=1S/C19H23N3O2/c20-19(10-2-3-11-19)18(24)21-13-15-6-8-16(9-7-15)14-22-12-4-1-5-17(22)23/h1,4-9,12H,2-3,10-11,13-14,20H2,(H,21,24). The van der Waals surface area contributed by atoms with Crippen LogP contribution >= 0.6 is 0 Å². The number of hydrogen-bond donors (Lipinski definition) is 2. The van der Waals surface area contributed by atoms with Crippen molar-refractivity contribution in [1.82, 2.24) is 9.88 Å². The zero-order chi connectivity index (χ0) is 17.0. The molecule has 3 N–H and O–H groups in total. The van der Waals surface area contributed by atoms with Gasteiger partial charge in [-0.1, -0.05) is 43.2 Å². The van der Waals surface area contributed by atoms with Gasteiger partial charge in [-0.3, -0.25) is 9.59 Å². The van der Waals surface area contributed by atoms with Crippen molar-refractivity contribution in [3.8, 4) is 0 Å². The molecule has 1 aromatic heterocycles. The van der Waals surface area contributed by atoms with Crippen LogP contribution < -0.4 is 16.6 Å². The van der Waals surface area contributed by atoms with E-state index in [1.54, 1.807) is 22.9 Å². The highest BCUT2D eigenvalue weighted by Gasteiger charge is 2.36. The van der Waals surface area contributed by atoms with E-state index in [4.69, 9.17) is 5.73 Å². The Morgan fingerprint density at radius 1 is 1.08 bits per heavy atom. The van der Waals surface area contributed by atoms with Crippen LogP contribution in [0.15, 0.2) is 53.5 Å². The van der Waals surface area contributed by atoms with Crippen LogP contribution in [0.25, 0.3) is 0 Å². The molecule has 126 valence electrons. The molecule has 0 aliphatic heterocycles. The lowest BCUT2D eigenvalue weighted by atomic mass is 9.98. The van der Waals surface area contributed by atoms with Crippen LogP contribution in [0.4, 0.5) is 0 Å². The molecule has 0 saturated heterocycles. The summed E-state index contributed by atoms with van der Waals surface area (Å²) in [5.41, 5.74) is 7.51. The van der Waals surface area contributed by atoms with E-state index in [-0.39, 0.29) is 11.5 Å². The summed E-state index contributed by atoms with van der Waals surface area (Å²) in [5.74, 6) is -0.0556. The molecule has 1 fully saturated rings. The van der Waals surface area contributed by atoms with E-state index in [2.05, 4.69) is 5.32 Å². The summed E-state index contributed by atoms with van der Waals surface area (Å²) in [5, 5.41) is 2.94. The van der Waals surface area contributed by atoms with E-state index in [1.165, 1.54) is 0 Å². The fraction of sp³-hybridized carbons (Fsp3) is 0.368. The van der Waals surface area contributed by atoms with Crippen LogP contribution in [-0.2, 0) is 17.9 Å². The van der Waals surface area contributed by atoms with Crippen LogP contribution in [0.1, 0.15) is 36.8 Å². The molecule has 24 heavy (non-hydrogen) atoms. The van der Waals surface area contributed by atoms with E-state index in [0.29, 0.717) is 13.1 Å². The third-order valence-corrected chi connectivity index (χ3v) is 4.68. The molecule has 0 unspecified atom stereocenters. The number of hydrogen-bond acceptors (Lipinski definition) is 3. The van der Waals surface area contributed by atoms with Crippen molar-refractivity contribution in [3.05, 3.63) is 70.1 Å². The van der Waals surface area contributed by atoms with Crippen LogP contribution in [-0.4, -0.2) is 16.0 Å². The molecule has 1 aromatic carbocycles. The fourth-order valence-electron chi connectivity index (χ4n) is 3.14. The molecule has 0 atom stereocenters. The first kappa shape index (κ1) is 16.5. The molecular formula is C19H23N3O2. The van der Waals surface area contributed by atoms with E-state index in [1.807, 2.05) is 30.3 Å². The third-order valence-electron chi connectivity index (χ3n) is 4.68. The first-order valence-electron chi connectivity index (χ1n) is 8.37. The lowest BCUT2D eigenvalue weighted by Gasteiger charge is -2.22. The van der Waals surface area contributed by atoms with Crippen LogP contribution in [0, 0.1) is 0 Å². The summed E-state index contributed by atoms with van der Waals surface area (Å²) in [6.45, 7) is 1.02. The van der Waals surface area contributed by atoms with Gasteiger partial charge in [0.25, 0.3) is 5.56 Å². The molecule has 1 amide bonds. The SMILES string of the molecule is NC1(C(=O)NCc2ccc(Cn3ccccc3=O)cc2)CCCC1. The highest BCUT2D eigenvalue weighted by Crippen LogP contribution is 2.27. The van der Waals surface area contributed by atoms with Crippen LogP contribution in [0.3, 0.4) is 0 Å². The Balaban J connectivity index is 1.58. The minimum absolute atomic E-state index is 0.0151. The van der Waals surface area contributed by atoms with E-state index >= 15 is 0 Å². The molecule has 0 radical (unpaired) electrons. The van der Waals surface area contributed by atoms with E-state index in [9.17, 15) is 9.59 Å². The van der Waals surface area contributed by atoms with Crippen molar-refractivity contribution in [2.24, 2.45) is 5.73 Å². The maximum Gasteiger partial charge on any atom is 0.250 e. The second-order valence-corrected chi connectivity index (χ2v) is 6.53.